The maximum atomic E-state index is 12.7. The Kier molecular flexibility index (Phi) is 6.94. The van der Waals surface area contributed by atoms with Gasteiger partial charge >= 0.3 is 0 Å². The molecule has 0 saturated heterocycles. The molecule has 0 aromatic heterocycles. The summed E-state index contributed by atoms with van der Waals surface area (Å²) < 4.78 is 20.5. The van der Waals surface area contributed by atoms with E-state index < -0.39 is 11.0 Å². The molecule has 0 heterocycles. The van der Waals surface area contributed by atoms with Crippen LogP contribution in [0.3, 0.4) is 0 Å². The van der Waals surface area contributed by atoms with Crippen LogP contribution in [0, 0.1) is 0 Å². The summed E-state index contributed by atoms with van der Waals surface area (Å²) in [6.45, 7) is 0.656. The van der Waals surface area contributed by atoms with E-state index in [-0.39, 0.29) is 5.91 Å². The van der Waals surface area contributed by atoms with E-state index in [1.165, 1.54) is 0 Å². The van der Waals surface area contributed by atoms with Crippen LogP contribution in [0.4, 0.5) is 11.4 Å². The first-order valence-electron chi connectivity index (χ1n) is 8.89. The highest BCUT2D eigenvalue weighted by Gasteiger charge is 2.13. The van der Waals surface area contributed by atoms with Gasteiger partial charge in [-0.15, -0.1) is 0 Å². The van der Waals surface area contributed by atoms with E-state index in [0.29, 0.717) is 28.4 Å². The van der Waals surface area contributed by atoms with E-state index in [0.717, 1.165) is 12.0 Å². The number of carbonyl (C=O) groups excluding carboxylic acids is 1. The monoisotopic (exact) mass is 394 g/mol. The molecule has 6 heteroatoms. The van der Waals surface area contributed by atoms with Crippen molar-refractivity contribution in [1.29, 1.82) is 0 Å². The quantitative estimate of drug-likeness (QED) is 0.600. The molecule has 28 heavy (non-hydrogen) atoms. The molecule has 0 aliphatic heterocycles. The van der Waals surface area contributed by atoms with Gasteiger partial charge in [0.05, 0.1) is 22.8 Å². The van der Waals surface area contributed by atoms with Gasteiger partial charge in [0.2, 0.25) is 0 Å². The van der Waals surface area contributed by atoms with Crippen molar-refractivity contribution >= 4 is 28.3 Å². The van der Waals surface area contributed by atoms with Crippen molar-refractivity contribution in [2.24, 2.45) is 0 Å². The minimum Gasteiger partial charge on any atom is -0.384 e. The predicted octanol–water partition coefficient (Wildman–Crippen LogP) is 4.26. The molecule has 1 amide bonds. The first-order chi connectivity index (χ1) is 13.7. The van der Waals surface area contributed by atoms with Crippen LogP contribution in [0.2, 0.25) is 0 Å². The van der Waals surface area contributed by atoms with Crippen molar-refractivity contribution in [2.45, 2.75) is 11.3 Å². The van der Waals surface area contributed by atoms with E-state index in [4.69, 9.17) is 4.74 Å². The molecular weight excluding hydrogens is 372 g/mol. The number of amides is 1. The minimum absolute atomic E-state index is 0.266. The zero-order valence-corrected chi connectivity index (χ0v) is 16.4. The Hall–Kier alpha value is -2.96. The second-order valence-electron chi connectivity index (χ2n) is 6.12. The number of benzene rings is 3. The van der Waals surface area contributed by atoms with Gasteiger partial charge < -0.3 is 14.8 Å². The third-order valence-corrected chi connectivity index (χ3v) is 5.24. The summed E-state index contributed by atoms with van der Waals surface area (Å²) in [5.41, 5.74) is 2.78. The largest absolute Gasteiger partial charge is 0.384 e. The maximum Gasteiger partial charge on any atom is 0.257 e. The lowest BCUT2D eigenvalue weighted by molar-refractivity contribution is 0.102. The fraction of sp³-hybridized carbons (Fsp3) is 0.136. The van der Waals surface area contributed by atoms with Gasteiger partial charge in [-0.25, -0.2) is 4.21 Å². The summed E-state index contributed by atoms with van der Waals surface area (Å²) >= 11 is 0. The highest BCUT2D eigenvalue weighted by Crippen LogP contribution is 2.20. The lowest BCUT2D eigenvalue weighted by atomic mass is 10.1. The lowest BCUT2D eigenvalue weighted by Crippen LogP contribution is -2.15. The van der Waals surface area contributed by atoms with Crippen LogP contribution in [0.25, 0.3) is 0 Å². The third-order valence-electron chi connectivity index (χ3n) is 4.14. The van der Waals surface area contributed by atoms with Crippen molar-refractivity contribution in [2.75, 3.05) is 23.8 Å². The van der Waals surface area contributed by atoms with Crippen molar-refractivity contribution in [1.82, 2.24) is 0 Å². The lowest BCUT2D eigenvalue weighted by Gasteiger charge is -2.12. The Morgan fingerprint density at radius 2 is 1.61 bits per heavy atom. The van der Waals surface area contributed by atoms with Gasteiger partial charge in [-0.1, -0.05) is 42.5 Å². The molecule has 3 aromatic rings. The molecule has 0 aliphatic carbocycles. The SMILES string of the molecule is COCCc1ccc(NC(=O)c2ccccc2NS(=O)c2ccccc2)cc1. The molecule has 1 atom stereocenters. The van der Waals surface area contributed by atoms with Crippen molar-refractivity contribution in [3.05, 3.63) is 90.0 Å². The summed E-state index contributed by atoms with van der Waals surface area (Å²) in [5.74, 6) is -0.266. The highest BCUT2D eigenvalue weighted by atomic mass is 32.2. The summed E-state index contributed by atoms with van der Waals surface area (Å²) in [7, 11) is 0.216. The number of nitrogens with one attached hydrogen (secondary N) is 2. The van der Waals surface area contributed by atoms with Crippen molar-refractivity contribution in [3.63, 3.8) is 0 Å². The normalized spacial score (nSPS) is 11.6. The van der Waals surface area contributed by atoms with Crippen molar-refractivity contribution < 1.29 is 13.7 Å². The molecule has 3 aromatic carbocycles. The second-order valence-corrected chi connectivity index (χ2v) is 7.34. The Morgan fingerprint density at radius 3 is 2.32 bits per heavy atom. The number of hydrogen-bond acceptors (Lipinski definition) is 3. The fourth-order valence-electron chi connectivity index (χ4n) is 2.65. The van der Waals surface area contributed by atoms with Gasteiger partial charge in [-0.3, -0.25) is 4.79 Å². The van der Waals surface area contributed by atoms with E-state index in [9.17, 15) is 9.00 Å². The average molecular weight is 394 g/mol. The zero-order chi connectivity index (χ0) is 19.8. The first kappa shape index (κ1) is 19.8. The molecule has 0 aliphatic rings. The van der Waals surface area contributed by atoms with Crippen LogP contribution in [0.5, 0.6) is 0 Å². The van der Waals surface area contributed by atoms with Gasteiger partial charge in [-0.05, 0) is 48.4 Å². The molecular formula is C22H22N2O3S. The summed E-state index contributed by atoms with van der Waals surface area (Å²) in [5, 5.41) is 2.89. The first-order valence-corrected chi connectivity index (χ1v) is 10.0. The number of methoxy groups -OCH3 is 1. The third kappa shape index (κ3) is 5.28. The maximum absolute atomic E-state index is 12.7. The number of hydrogen-bond donors (Lipinski definition) is 2. The number of rotatable bonds is 8. The molecule has 0 radical (unpaired) electrons. The zero-order valence-electron chi connectivity index (χ0n) is 15.6. The molecule has 5 nitrogen and oxygen atoms in total. The van der Waals surface area contributed by atoms with E-state index in [1.54, 1.807) is 43.5 Å². The molecule has 2 N–H and O–H groups in total. The van der Waals surface area contributed by atoms with Crippen LogP contribution in [-0.2, 0) is 22.1 Å². The Labute approximate surface area is 167 Å². The highest BCUT2D eigenvalue weighted by molar-refractivity contribution is 7.86. The average Bonchev–Trinajstić information content (AvgIpc) is 2.74. The standard InChI is InChI=1S/C22H22N2O3S/c1-27-16-15-17-11-13-18(14-12-17)23-22(25)20-9-5-6-10-21(20)24-28(26)19-7-3-2-4-8-19/h2-14,24H,15-16H2,1H3,(H,23,25). The van der Waals surface area contributed by atoms with Crippen LogP contribution >= 0.6 is 0 Å². The Balaban J connectivity index is 1.71. The molecule has 0 spiro atoms. The molecule has 1 unspecified atom stereocenters. The Bertz CT molecular complexity index is 944. The van der Waals surface area contributed by atoms with Crippen LogP contribution in [-0.4, -0.2) is 23.8 Å². The predicted molar refractivity (Wildman–Crippen MR) is 113 cm³/mol. The van der Waals surface area contributed by atoms with Gasteiger partial charge in [0, 0.05) is 12.8 Å². The number of ether oxygens (including phenoxy) is 1. The van der Waals surface area contributed by atoms with Crippen LogP contribution in [0.15, 0.2) is 83.8 Å². The van der Waals surface area contributed by atoms with Gasteiger partial charge in [0.1, 0.15) is 11.0 Å². The topological polar surface area (TPSA) is 67.4 Å². The van der Waals surface area contributed by atoms with E-state index in [2.05, 4.69) is 10.0 Å². The van der Waals surface area contributed by atoms with E-state index in [1.807, 2.05) is 42.5 Å². The van der Waals surface area contributed by atoms with Gasteiger partial charge in [-0.2, -0.15) is 0 Å². The molecule has 0 bridgehead atoms. The molecule has 3 rings (SSSR count). The van der Waals surface area contributed by atoms with Crippen molar-refractivity contribution in [3.8, 4) is 0 Å². The van der Waals surface area contributed by atoms with E-state index >= 15 is 0 Å². The number of anilines is 2. The molecule has 144 valence electrons. The minimum atomic E-state index is -1.46. The Morgan fingerprint density at radius 1 is 0.929 bits per heavy atom. The number of carbonyl (C=O) groups is 1. The van der Waals surface area contributed by atoms with Gasteiger partial charge in [0.25, 0.3) is 5.91 Å². The second kappa shape index (κ2) is 9.82. The van der Waals surface area contributed by atoms with Crippen LogP contribution < -0.4 is 10.0 Å². The smallest absolute Gasteiger partial charge is 0.257 e. The molecule has 0 saturated carbocycles. The van der Waals surface area contributed by atoms with Gasteiger partial charge in [0.15, 0.2) is 0 Å². The summed E-state index contributed by atoms with van der Waals surface area (Å²) in [6, 6.07) is 23.7. The van der Waals surface area contributed by atoms with Crippen LogP contribution in [0.1, 0.15) is 15.9 Å². The molecule has 0 fully saturated rings. The summed E-state index contributed by atoms with van der Waals surface area (Å²) in [6.07, 6.45) is 0.822. The summed E-state index contributed by atoms with van der Waals surface area (Å²) in [4.78, 5) is 13.4. The fourth-order valence-corrected chi connectivity index (χ4v) is 3.55. The number of para-hydroxylation sites is 1.